The van der Waals surface area contributed by atoms with Crippen LogP contribution < -0.4 is 0 Å². The van der Waals surface area contributed by atoms with Crippen LogP contribution in [0, 0.1) is 0 Å². The summed E-state index contributed by atoms with van der Waals surface area (Å²) < 4.78 is 4.87. The van der Waals surface area contributed by atoms with E-state index in [1.54, 1.807) is 0 Å². The minimum atomic E-state index is 0.632. The molecule has 4 nitrogen and oxygen atoms in total. The van der Waals surface area contributed by atoms with Gasteiger partial charge in [-0.05, 0) is 70.3 Å². The number of benzene rings is 9. The molecule has 0 bridgehead atoms. The van der Waals surface area contributed by atoms with Crippen molar-refractivity contribution in [3.05, 3.63) is 218 Å². The molecule has 290 valence electrons. The van der Waals surface area contributed by atoms with Gasteiger partial charge in [-0.2, -0.15) is 0 Å². The Balaban J connectivity index is 1.02. The number of para-hydroxylation sites is 3. The van der Waals surface area contributed by atoms with Gasteiger partial charge in [-0.1, -0.05) is 176 Å². The van der Waals surface area contributed by atoms with Crippen molar-refractivity contribution in [2.24, 2.45) is 0 Å². The van der Waals surface area contributed by atoms with Crippen LogP contribution in [-0.2, 0) is 0 Å². The Kier molecular flexibility index (Phi) is 8.65. The molecule has 3 aromatic heterocycles. The van der Waals surface area contributed by atoms with Gasteiger partial charge in [0.15, 0.2) is 17.5 Å². The second-order valence-corrected chi connectivity index (χ2v) is 16.7. The normalized spacial score (nSPS) is 11.5. The van der Waals surface area contributed by atoms with Crippen molar-refractivity contribution in [3.63, 3.8) is 0 Å². The second kappa shape index (κ2) is 14.9. The molecule has 0 unspecified atom stereocenters. The van der Waals surface area contributed by atoms with Crippen LogP contribution in [-0.4, -0.2) is 19.5 Å². The maximum Gasteiger partial charge on any atom is 0.164 e. The van der Waals surface area contributed by atoms with Crippen LogP contribution in [0.5, 0.6) is 0 Å². The molecule has 0 saturated carbocycles. The highest BCUT2D eigenvalue weighted by Crippen LogP contribution is 2.44. The molecule has 0 atom stereocenters. The molecule has 0 radical (unpaired) electrons. The summed E-state index contributed by atoms with van der Waals surface area (Å²) >= 11 is 1.82. The minimum Gasteiger partial charge on any atom is -0.309 e. The largest absolute Gasteiger partial charge is 0.309 e. The Morgan fingerprint density at radius 1 is 0.306 bits per heavy atom. The highest BCUT2D eigenvalue weighted by Gasteiger charge is 2.20. The van der Waals surface area contributed by atoms with Crippen LogP contribution in [0.25, 0.3) is 115 Å². The third-order valence-electron chi connectivity index (χ3n) is 11.9. The topological polar surface area (TPSA) is 43.6 Å². The van der Waals surface area contributed by atoms with Crippen molar-refractivity contribution in [1.82, 2.24) is 19.5 Å². The zero-order chi connectivity index (χ0) is 41.0. The summed E-state index contributed by atoms with van der Waals surface area (Å²) in [6, 6.07) is 77.5. The SMILES string of the molecule is c1ccc(-c2ccc(-c3nc(-c4ccc(-c5ccccc5)cc4)nc(-c4ccc5sc6cccc(-c7ccccc7-n7c8ccccc8c8ccccc87)c6c5c4)n3)cc2)cc1. The van der Waals surface area contributed by atoms with Crippen LogP contribution in [0.15, 0.2) is 218 Å². The summed E-state index contributed by atoms with van der Waals surface area (Å²) in [5, 5.41) is 4.90. The first kappa shape index (κ1) is 35.9. The molecule has 0 aliphatic rings. The van der Waals surface area contributed by atoms with Gasteiger partial charge >= 0.3 is 0 Å². The first-order valence-corrected chi connectivity index (χ1v) is 21.7. The molecule has 12 rings (SSSR count). The number of hydrogen-bond donors (Lipinski definition) is 0. The number of thiophene rings is 1. The molecule has 0 N–H and O–H groups in total. The fourth-order valence-corrected chi connectivity index (χ4v) is 10.0. The van der Waals surface area contributed by atoms with Crippen molar-refractivity contribution < 1.29 is 0 Å². The average molecular weight is 809 g/mol. The average Bonchev–Trinajstić information content (AvgIpc) is 3.90. The summed E-state index contributed by atoms with van der Waals surface area (Å²) in [5.41, 5.74) is 13.3. The Bertz CT molecular complexity index is 3450. The van der Waals surface area contributed by atoms with Crippen LogP contribution in [0.1, 0.15) is 0 Å². The second-order valence-electron chi connectivity index (χ2n) is 15.6. The molecular weight excluding hydrogens is 773 g/mol. The smallest absolute Gasteiger partial charge is 0.164 e. The van der Waals surface area contributed by atoms with E-state index in [4.69, 9.17) is 15.0 Å². The number of aromatic nitrogens is 4. The lowest BCUT2D eigenvalue weighted by Gasteiger charge is -2.15. The lowest BCUT2D eigenvalue weighted by molar-refractivity contribution is 1.07. The third-order valence-corrected chi connectivity index (χ3v) is 13.0. The first-order chi connectivity index (χ1) is 30.7. The maximum atomic E-state index is 5.20. The highest BCUT2D eigenvalue weighted by atomic mass is 32.1. The third kappa shape index (κ3) is 6.18. The van der Waals surface area contributed by atoms with Crippen molar-refractivity contribution in [2.45, 2.75) is 0 Å². The predicted octanol–water partition coefficient (Wildman–Crippen LogP) is 15.3. The van der Waals surface area contributed by atoms with Gasteiger partial charge in [0, 0.05) is 53.2 Å². The Labute approximate surface area is 362 Å². The van der Waals surface area contributed by atoms with Crippen LogP contribution in [0.4, 0.5) is 0 Å². The predicted molar refractivity (Wildman–Crippen MR) is 260 cm³/mol. The fraction of sp³-hybridized carbons (Fsp3) is 0. The number of fused-ring (bicyclic) bond motifs is 6. The van der Waals surface area contributed by atoms with E-state index in [0.29, 0.717) is 17.5 Å². The van der Waals surface area contributed by atoms with Crippen LogP contribution in [0.3, 0.4) is 0 Å². The van der Waals surface area contributed by atoms with Gasteiger partial charge in [0.1, 0.15) is 0 Å². The number of rotatable bonds is 7. The van der Waals surface area contributed by atoms with E-state index in [2.05, 4.69) is 211 Å². The van der Waals surface area contributed by atoms with Gasteiger partial charge in [-0.25, -0.2) is 15.0 Å². The molecule has 9 aromatic carbocycles. The standard InChI is InChI=1S/C57H36N4S/c1-3-14-37(15-4-1)39-26-30-41(31-27-39)55-58-56(42-32-28-40(29-33-42)38-16-5-2-6-17-38)60-57(59-55)43-34-35-52-48(36-43)54-47(21-13-25-53(54)62-52)46-20-9-12-24-51(46)61-49-22-10-7-18-44(49)45-19-8-11-23-50(45)61/h1-36H. The Hall–Kier alpha value is -7.99. The lowest BCUT2D eigenvalue weighted by atomic mass is 9.97. The molecule has 0 saturated heterocycles. The van der Waals surface area contributed by atoms with Crippen molar-refractivity contribution >= 4 is 53.3 Å². The van der Waals surface area contributed by atoms with E-state index in [-0.39, 0.29) is 0 Å². The van der Waals surface area contributed by atoms with Crippen molar-refractivity contribution in [2.75, 3.05) is 0 Å². The van der Waals surface area contributed by atoms with Crippen LogP contribution in [0.2, 0.25) is 0 Å². The summed E-state index contributed by atoms with van der Waals surface area (Å²) in [4.78, 5) is 15.5. The molecule has 0 aliphatic heterocycles. The van der Waals surface area contributed by atoms with Gasteiger partial charge in [-0.3, -0.25) is 0 Å². The van der Waals surface area contributed by atoms with Crippen molar-refractivity contribution in [1.29, 1.82) is 0 Å². The number of hydrogen-bond acceptors (Lipinski definition) is 4. The zero-order valence-corrected chi connectivity index (χ0v) is 34.3. The summed E-state index contributed by atoms with van der Waals surface area (Å²) in [6.07, 6.45) is 0. The van der Waals surface area contributed by atoms with Crippen molar-refractivity contribution in [3.8, 4) is 73.2 Å². The Morgan fingerprint density at radius 2 is 0.758 bits per heavy atom. The lowest BCUT2D eigenvalue weighted by Crippen LogP contribution is -2.00. The summed E-state index contributed by atoms with van der Waals surface area (Å²) in [6.45, 7) is 0. The highest BCUT2D eigenvalue weighted by molar-refractivity contribution is 7.26. The molecule has 0 fully saturated rings. The molecule has 0 amide bonds. The molecule has 3 heterocycles. The molecule has 12 aromatic rings. The maximum absolute atomic E-state index is 5.20. The van der Waals surface area contributed by atoms with Gasteiger partial charge in [-0.15, -0.1) is 11.3 Å². The molecule has 0 aliphatic carbocycles. The summed E-state index contributed by atoms with van der Waals surface area (Å²) in [5.74, 6) is 1.90. The summed E-state index contributed by atoms with van der Waals surface area (Å²) in [7, 11) is 0. The van der Waals surface area contributed by atoms with E-state index in [9.17, 15) is 0 Å². The van der Waals surface area contributed by atoms with Gasteiger partial charge in [0.25, 0.3) is 0 Å². The van der Waals surface area contributed by atoms with E-state index in [0.717, 1.165) is 33.5 Å². The van der Waals surface area contributed by atoms with E-state index < -0.39 is 0 Å². The monoisotopic (exact) mass is 808 g/mol. The zero-order valence-electron chi connectivity index (χ0n) is 33.5. The van der Waals surface area contributed by atoms with Crippen LogP contribution >= 0.6 is 11.3 Å². The first-order valence-electron chi connectivity index (χ1n) is 20.8. The fourth-order valence-electron chi connectivity index (χ4n) is 8.92. The quantitative estimate of drug-likeness (QED) is 0.161. The molecule has 62 heavy (non-hydrogen) atoms. The Morgan fingerprint density at radius 3 is 1.35 bits per heavy atom. The van der Waals surface area contributed by atoms with Gasteiger partial charge in [0.05, 0.1) is 16.7 Å². The number of nitrogens with zero attached hydrogens (tertiary/aromatic N) is 4. The van der Waals surface area contributed by atoms with Gasteiger partial charge < -0.3 is 4.57 Å². The molecular formula is C57H36N4S. The van der Waals surface area contributed by atoms with E-state index in [1.807, 2.05) is 23.5 Å². The molecule has 0 spiro atoms. The minimum absolute atomic E-state index is 0.632. The van der Waals surface area contributed by atoms with Gasteiger partial charge in [0.2, 0.25) is 0 Å². The van der Waals surface area contributed by atoms with E-state index in [1.165, 1.54) is 64.2 Å². The van der Waals surface area contributed by atoms with E-state index >= 15 is 0 Å². The molecule has 5 heteroatoms.